The van der Waals surface area contributed by atoms with E-state index in [9.17, 15) is 4.79 Å². The van der Waals surface area contributed by atoms with Gasteiger partial charge in [-0.1, -0.05) is 13.0 Å². The second-order valence-corrected chi connectivity index (χ2v) is 4.88. The first-order chi connectivity index (χ1) is 10.3. The van der Waals surface area contributed by atoms with Crippen molar-refractivity contribution in [2.75, 3.05) is 24.5 Å². The van der Waals surface area contributed by atoms with Gasteiger partial charge in [0.2, 0.25) is 5.91 Å². The highest BCUT2D eigenvalue weighted by atomic mass is 16.2. The van der Waals surface area contributed by atoms with Gasteiger partial charge in [0.1, 0.15) is 11.5 Å². The van der Waals surface area contributed by atoms with Gasteiger partial charge in [-0.15, -0.1) is 0 Å². The van der Waals surface area contributed by atoms with Gasteiger partial charge in [0, 0.05) is 31.0 Å². The van der Waals surface area contributed by atoms with Gasteiger partial charge in [0.25, 0.3) is 0 Å². The van der Waals surface area contributed by atoms with E-state index >= 15 is 0 Å². The molecule has 6 nitrogen and oxygen atoms in total. The van der Waals surface area contributed by atoms with Gasteiger partial charge in [-0.05, 0) is 18.6 Å². The maximum atomic E-state index is 11.5. The van der Waals surface area contributed by atoms with Crippen molar-refractivity contribution in [1.29, 1.82) is 0 Å². The van der Waals surface area contributed by atoms with Crippen LogP contribution in [0.25, 0.3) is 11.5 Å². The van der Waals surface area contributed by atoms with Crippen molar-refractivity contribution in [2.24, 2.45) is 0 Å². The molecule has 0 spiro atoms. The largest absolute Gasteiger partial charge is 0.353 e. The highest BCUT2D eigenvalue weighted by Crippen LogP contribution is 2.19. The Labute approximate surface area is 123 Å². The molecule has 3 heterocycles. The lowest BCUT2D eigenvalue weighted by Crippen LogP contribution is -2.48. The van der Waals surface area contributed by atoms with Crippen molar-refractivity contribution >= 4 is 11.7 Å². The third kappa shape index (κ3) is 2.99. The fourth-order valence-electron chi connectivity index (χ4n) is 2.27. The average Bonchev–Trinajstić information content (AvgIpc) is 2.55. The second-order valence-electron chi connectivity index (χ2n) is 4.88. The number of anilines is 1. The summed E-state index contributed by atoms with van der Waals surface area (Å²) in [7, 11) is 0. The molecular weight excluding hydrogens is 266 g/mol. The Hall–Kier alpha value is -2.50. The highest BCUT2D eigenvalue weighted by Gasteiger charge is 2.19. The molecule has 0 atom stereocenters. The molecule has 0 aromatic carbocycles. The van der Waals surface area contributed by atoms with E-state index in [2.05, 4.69) is 27.2 Å². The summed E-state index contributed by atoms with van der Waals surface area (Å²) in [5, 5.41) is 2.82. The summed E-state index contributed by atoms with van der Waals surface area (Å²) in [6.45, 7) is 3.79. The van der Waals surface area contributed by atoms with Crippen molar-refractivity contribution in [1.82, 2.24) is 20.3 Å². The number of aromatic nitrogens is 3. The van der Waals surface area contributed by atoms with Crippen molar-refractivity contribution in [2.45, 2.75) is 13.3 Å². The predicted octanol–water partition coefficient (Wildman–Crippen LogP) is 1.04. The number of pyridine rings is 1. The number of piperazine rings is 1. The molecule has 1 N–H and O–H groups in total. The molecule has 0 unspecified atom stereocenters. The zero-order valence-electron chi connectivity index (χ0n) is 11.9. The highest BCUT2D eigenvalue weighted by molar-refractivity contribution is 5.82. The first-order valence-corrected chi connectivity index (χ1v) is 7.07. The number of amides is 1. The van der Waals surface area contributed by atoms with Crippen LogP contribution in [0.3, 0.4) is 0 Å². The van der Waals surface area contributed by atoms with Crippen LogP contribution >= 0.6 is 0 Å². The molecule has 1 aliphatic rings. The van der Waals surface area contributed by atoms with Crippen LogP contribution < -0.4 is 10.2 Å². The van der Waals surface area contributed by atoms with Crippen LogP contribution in [0.5, 0.6) is 0 Å². The van der Waals surface area contributed by atoms with Crippen LogP contribution in [-0.2, 0) is 11.2 Å². The van der Waals surface area contributed by atoms with Gasteiger partial charge in [-0.3, -0.25) is 9.78 Å². The summed E-state index contributed by atoms with van der Waals surface area (Å²) in [6, 6.07) is 7.62. The predicted molar refractivity (Wildman–Crippen MR) is 79.9 cm³/mol. The lowest BCUT2D eigenvalue weighted by Gasteiger charge is -2.28. The maximum absolute atomic E-state index is 11.5. The van der Waals surface area contributed by atoms with Crippen LogP contribution in [0.2, 0.25) is 0 Å². The van der Waals surface area contributed by atoms with Gasteiger partial charge in [-0.2, -0.15) is 0 Å². The van der Waals surface area contributed by atoms with E-state index in [1.165, 1.54) is 0 Å². The summed E-state index contributed by atoms with van der Waals surface area (Å²) in [5.74, 6) is 1.42. The lowest BCUT2D eigenvalue weighted by molar-refractivity contribution is -0.120. The molecule has 0 radical (unpaired) electrons. The molecule has 6 heteroatoms. The van der Waals surface area contributed by atoms with Gasteiger partial charge >= 0.3 is 0 Å². The molecule has 108 valence electrons. The molecule has 2 aromatic heterocycles. The van der Waals surface area contributed by atoms with Crippen molar-refractivity contribution in [3.63, 3.8) is 0 Å². The molecule has 0 aliphatic carbocycles. The third-order valence-corrected chi connectivity index (χ3v) is 3.38. The van der Waals surface area contributed by atoms with E-state index in [0.717, 1.165) is 30.2 Å². The average molecular weight is 283 g/mol. The van der Waals surface area contributed by atoms with Gasteiger partial charge < -0.3 is 10.2 Å². The lowest BCUT2D eigenvalue weighted by atomic mass is 10.2. The summed E-state index contributed by atoms with van der Waals surface area (Å²) in [4.78, 5) is 26.9. The number of rotatable bonds is 3. The van der Waals surface area contributed by atoms with Crippen LogP contribution in [0, 0.1) is 0 Å². The van der Waals surface area contributed by atoms with E-state index in [1.54, 1.807) is 6.20 Å². The number of carbonyl (C=O) groups is 1. The standard InChI is InChI=1S/C15H17N5O/c1-2-11-9-13(20-8-7-17-14(21)10-20)19-15(18-11)12-5-3-4-6-16-12/h3-6,9H,2,7-8,10H2,1H3,(H,17,21). The number of nitrogens with one attached hydrogen (secondary N) is 1. The Balaban J connectivity index is 1.99. The molecule has 1 fully saturated rings. The first-order valence-electron chi connectivity index (χ1n) is 7.07. The van der Waals surface area contributed by atoms with E-state index in [1.807, 2.05) is 29.2 Å². The monoisotopic (exact) mass is 283 g/mol. The van der Waals surface area contributed by atoms with Crippen LogP contribution in [-0.4, -0.2) is 40.5 Å². The Kier molecular flexibility index (Phi) is 3.77. The normalized spacial score (nSPS) is 14.9. The molecule has 1 amide bonds. The number of nitrogens with zero attached hydrogens (tertiary/aromatic N) is 4. The Morgan fingerprint density at radius 2 is 2.24 bits per heavy atom. The summed E-state index contributed by atoms with van der Waals surface area (Å²) >= 11 is 0. The van der Waals surface area contributed by atoms with Crippen molar-refractivity contribution in [3.8, 4) is 11.5 Å². The molecule has 1 aliphatic heterocycles. The van der Waals surface area contributed by atoms with E-state index in [-0.39, 0.29) is 5.91 Å². The minimum atomic E-state index is 0.0253. The van der Waals surface area contributed by atoms with Gasteiger partial charge in [0.15, 0.2) is 5.82 Å². The quantitative estimate of drug-likeness (QED) is 0.911. The van der Waals surface area contributed by atoms with Crippen LogP contribution in [0.4, 0.5) is 5.82 Å². The summed E-state index contributed by atoms with van der Waals surface area (Å²) in [5.41, 5.74) is 1.70. The van der Waals surface area contributed by atoms with E-state index < -0.39 is 0 Å². The minimum absolute atomic E-state index is 0.0253. The Morgan fingerprint density at radius 1 is 1.33 bits per heavy atom. The summed E-state index contributed by atoms with van der Waals surface area (Å²) < 4.78 is 0. The molecule has 2 aromatic rings. The fraction of sp³-hybridized carbons (Fsp3) is 0.333. The topological polar surface area (TPSA) is 71.0 Å². The first kappa shape index (κ1) is 13.5. The minimum Gasteiger partial charge on any atom is -0.353 e. The molecule has 1 saturated heterocycles. The van der Waals surface area contributed by atoms with E-state index in [0.29, 0.717) is 18.9 Å². The maximum Gasteiger partial charge on any atom is 0.239 e. The number of aryl methyl sites for hydroxylation is 1. The summed E-state index contributed by atoms with van der Waals surface area (Å²) in [6.07, 6.45) is 2.54. The van der Waals surface area contributed by atoms with Gasteiger partial charge in [0.05, 0.1) is 6.54 Å². The van der Waals surface area contributed by atoms with Crippen molar-refractivity contribution < 1.29 is 4.79 Å². The van der Waals surface area contributed by atoms with Crippen molar-refractivity contribution in [3.05, 3.63) is 36.2 Å². The van der Waals surface area contributed by atoms with E-state index in [4.69, 9.17) is 0 Å². The zero-order valence-corrected chi connectivity index (χ0v) is 11.9. The van der Waals surface area contributed by atoms with Gasteiger partial charge in [-0.25, -0.2) is 9.97 Å². The number of hydrogen-bond donors (Lipinski definition) is 1. The molecule has 0 bridgehead atoms. The van der Waals surface area contributed by atoms with Crippen LogP contribution in [0.15, 0.2) is 30.5 Å². The fourth-order valence-corrected chi connectivity index (χ4v) is 2.27. The molecule has 3 rings (SSSR count). The molecule has 21 heavy (non-hydrogen) atoms. The Morgan fingerprint density at radius 3 is 2.95 bits per heavy atom. The zero-order chi connectivity index (χ0) is 14.7. The molecular formula is C15H17N5O. The van der Waals surface area contributed by atoms with Crippen LogP contribution in [0.1, 0.15) is 12.6 Å². The third-order valence-electron chi connectivity index (χ3n) is 3.38. The second kappa shape index (κ2) is 5.87. The molecule has 0 saturated carbocycles. The number of hydrogen-bond acceptors (Lipinski definition) is 5. The Bertz CT molecular complexity index is 644. The smallest absolute Gasteiger partial charge is 0.239 e. The number of carbonyl (C=O) groups excluding carboxylic acids is 1. The SMILES string of the molecule is CCc1cc(N2CCNC(=O)C2)nc(-c2ccccn2)n1.